The van der Waals surface area contributed by atoms with Crippen molar-refractivity contribution >= 4 is 15.9 Å². The molecule has 0 saturated heterocycles. The quantitative estimate of drug-likeness (QED) is 0.742. The molecular formula is C17H19BrO3. The molecular weight excluding hydrogens is 332 g/mol. The third kappa shape index (κ3) is 3.32. The van der Waals surface area contributed by atoms with Crippen LogP contribution in [0.1, 0.15) is 21.5 Å². The van der Waals surface area contributed by atoms with Crippen LogP contribution in [0, 0.1) is 6.92 Å². The molecule has 0 bridgehead atoms. The molecule has 0 aliphatic carbocycles. The van der Waals surface area contributed by atoms with E-state index < -0.39 is 0 Å². The second-order valence-electron chi connectivity index (χ2n) is 4.72. The lowest BCUT2D eigenvalue weighted by molar-refractivity contribution is 0.390. The standard InChI is InChI=1S/C17H19BrO3/c1-11-5-8-15(20-3)14(9-11)17(18)13-7-6-12(19-2)10-16(13)21-4/h5-10,17H,1-4H3. The molecule has 1 atom stereocenters. The fraction of sp³-hybridized carbons (Fsp3) is 0.294. The molecule has 0 spiro atoms. The lowest BCUT2D eigenvalue weighted by Gasteiger charge is -2.18. The molecule has 0 amide bonds. The molecule has 1 unspecified atom stereocenters. The van der Waals surface area contributed by atoms with Gasteiger partial charge in [0, 0.05) is 17.2 Å². The molecule has 2 rings (SSSR count). The molecule has 0 aliphatic heterocycles. The van der Waals surface area contributed by atoms with Crippen molar-refractivity contribution in [3.05, 3.63) is 53.1 Å². The Morgan fingerprint density at radius 3 is 2.14 bits per heavy atom. The third-order valence-corrected chi connectivity index (χ3v) is 4.36. The largest absolute Gasteiger partial charge is 0.497 e. The van der Waals surface area contributed by atoms with E-state index >= 15 is 0 Å². The summed E-state index contributed by atoms with van der Waals surface area (Å²) in [7, 11) is 4.98. The number of hydrogen-bond acceptors (Lipinski definition) is 3. The third-order valence-electron chi connectivity index (χ3n) is 3.37. The van der Waals surface area contributed by atoms with Gasteiger partial charge in [0.1, 0.15) is 17.2 Å². The highest BCUT2D eigenvalue weighted by molar-refractivity contribution is 9.09. The van der Waals surface area contributed by atoms with Crippen molar-refractivity contribution < 1.29 is 14.2 Å². The lowest BCUT2D eigenvalue weighted by Crippen LogP contribution is -2.00. The predicted molar refractivity (Wildman–Crippen MR) is 88.0 cm³/mol. The summed E-state index contributed by atoms with van der Waals surface area (Å²) in [5.41, 5.74) is 3.28. The van der Waals surface area contributed by atoms with Gasteiger partial charge < -0.3 is 14.2 Å². The van der Waals surface area contributed by atoms with Crippen LogP contribution in [0.5, 0.6) is 17.2 Å². The van der Waals surface area contributed by atoms with Crippen molar-refractivity contribution in [2.75, 3.05) is 21.3 Å². The zero-order valence-corrected chi connectivity index (χ0v) is 14.2. The fourth-order valence-corrected chi connectivity index (χ4v) is 2.98. The molecule has 0 aromatic heterocycles. The van der Waals surface area contributed by atoms with E-state index in [2.05, 4.69) is 28.9 Å². The van der Waals surface area contributed by atoms with Gasteiger partial charge in [-0.05, 0) is 19.1 Å². The zero-order valence-electron chi connectivity index (χ0n) is 12.6. The van der Waals surface area contributed by atoms with Crippen LogP contribution < -0.4 is 14.2 Å². The smallest absolute Gasteiger partial charge is 0.127 e. The summed E-state index contributed by atoms with van der Waals surface area (Å²) in [6, 6.07) is 11.9. The highest BCUT2D eigenvalue weighted by atomic mass is 79.9. The van der Waals surface area contributed by atoms with Crippen LogP contribution in [0.2, 0.25) is 0 Å². The van der Waals surface area contributed by atoms with Gasteiger partial charge in [-0.3, -0.25) is 0 Å². The summed E-state index contributed by atoms with van der Waals surface area (Å²) in [5, 5.41) is 0. The Morgan fingerprint density at radius 2 is 1.52 bits per heavy atom. The van der Waals surface area contributed by atoms with Crippen LogP contribution in [-0.2, 0) is 0 Å². The van der Waals surface area contributed by atoms with Crippen molar-refractivity contribution in [2.45, 2.75) is 11.8 Å². The highest BCUT2D eigenvalue weighted by Gasteiger charge is 2.19. The van der Waals surface area contributed by atoms with Crippen LogP contribution in [0.4, 0.5) is 0 Å². The van der Waals surface area contributed by atoms with Crippen LogP contribution in [0.25, 0.3) is 0 Å². The Balaban J connectivity index is 2.49. The van der Waals surface area contributed by atoms with Crippen LogP contribution in [-0.4, -0.2) is 21.3 Å². The van der Waals surface area contributed by atoms with Gasteiger partial charge in [-0.25, -0.2) is 0 Å². The van der Waals surface area contributed by atoms with Crippen molar-refractivity contribution in [1.29, 1.82) is 0 Å². The highest BCUT2D eigenvalue weighted by Crippen LogP contribution is 2.41. The molecule has 2 aromatic carbocycles. The normalized spacial score (nSPS) is 11.9. The average Bonchev–Trinajstić information content (AvgIpc) is 2.53. The topological polar surface area (TPSA) is 27.7 Å². The summed E-state index contributed by atoms with van der Waals surface area (Å²) < 4.78 is 16.2. The molecule has 21 heavy (non-hydrogen) atoms. The molecule has 2 aromatic rings. The van der Waals surface area contributed by atoms with E-state index in [9.17, 15) is 0 Å². The van der Waals surface area contributed by atoms with E-state index in [1.807, 2.05) is 30.3 Å². The van der Waals surface area contributed by atoms with E-state index in [0.717, 1.165) is 28.4 Å². The van der Waals surface area contributed by atoms with Gasteiger partial charge in [0.25, 0.3) is 0 Å². The number of rotatable bonds is 5. The van der Waals surface area contributed by atoms with Crippen molar-refractivity contribution in [1.82, 2.24) is 0 Å². The lowest BCUT2D eigenvalue weighted by atomic mass is 10.0. The van der Waals surface area contributed by atoms with Gasteiger partial charge in [-0.1, -0.05) is 39.7 Å². The monoisotopic (exact) mass is 350 g/mol. The second-order valence-corrected chi connectivity index (χ2v) is 5.63. The first-order chi connectivity index (χ1) is 10.1. The Morgan fingerprint density at radius 1 is 0.810 bits per heavy atom. The summed E-state index contributed by atoms with van der Waals surface area (Å²) >= 11 is 3.76. The summed E-state index contributed by atoms with van der Waals surface area (Å²) in [5.74, 6) is 2.40. The Hall–Kier alpha value is -1.68. The first-order valence-electron chi connectivity index (χ1n) is 6.61. The maximum absolute atomic E-state index is 5.48. The molecule has 0 N–H and O–H groups in total. The number of alkyl halides is 1. The molecule has 0 heterocycles. The van der Waals surface area contributed by atoms with Crippen LogP contribution in [0.3, 0.4) is 0 Å². The van der Waals surface area contributed by atoms with Gasteiger partial charge in [-0.15, -0.1) is 0 Å². The Bertz CT molecular complexity index is 625. The minimum absolute atomic E-state index is 0.0202. The van der Waals surface area contributed by atoms with E-state index in [-0.39, 0.29) is 4.83 Å². The van der Waals surface area contributed by atoms with Gasteiger partial charge in [0.2, 0.25) is 0 Å². The van der Waals surface area contributed by atoms with Crippen molar-refractivity contribution in [3.8, 4) is 17.2 Å². The van der Waals surface area contributed by atoms with Crippen LogP contribution >= 0.6 is 15.9 Å². The number of aryl methyl sites for hydroxylation is 1. The zero-order chi connectivity index (χ0) is 15.4. The maximum atomic E-state index is 5.48. The average molecular weight is 351 g/mol. The van der Waals surface area contributed by atoms with Gasteiger partial charge in [-0.2, -0.15) is 0 Å². The number of benzene rings is 2. The summed E-state index contributed by atoms with van der Waals surface area (Å²) in [6.07, 6.45) is 0. The van der Waals surface area contributed by atoms with E-state index in [4.69, 9.17) is 14.2 Å². The SMILES string of the molecule is COc1ccc(C(Br)c2cc(C)ccc2OC)c(OC)c1. The first kappa shape index (κ1) is 15.7. The summed E-state index contributed by atoms with van der Waals surface area (Å²) in [4.78, 5) is -0.0202. The molecule has 0 aliphatic rings. The van der Waals surface area contributed by atoms with E-state index in [1.165, 1.54) is 5.56 Å². The number of hydrogen-bond donors (Lipinski definition) is 0. The van der Waals surface area contributed by atoms with Gasteiger partial charge >= 0.3 is 0 Å². The second kappa shape index (κ2) is 6.85. The van der Waals surface area contributed by atoms with Gasteiger partial charge in [0.15, 0.2) is 0 Å². The summed E-state index contributed by atoms with van der Waals surface area (Å²) in [6.45, 7) is 2.06. The van der Waals surface area contributed by atoms with Crippen molar-refractivity contribution in [3.63, 3.8) is 0 Å². The molecule has 3 nitrogen and oxygen atoms in total. The van der Waals surface area contributed by atoms with E-state index in [1.54, 1.807) is 21.3 Å². The van der Waals surface area contributed by atoms with Crippen LogP contribution in [0.15, 0.2) is 36.4 Å². The number of ether oxygens (including phenoxy) is 3. The molecule has 0 radical (unpaired) electrons. The molecule has 0 fully saturated rings. The van der Waals surface area contributed by atoms with E-state index in [0.29, 0.717) is 0 Å². The number of halogens is 1. The maximum Gasteiger partial charge on any atom is 0.127 e. The minimum Gasteiger partial charge on any atom is -0.497 e. The van der Waals surface area contributed by atoms with Gasteiger partial charge in [0.05, 0.1) is 26.2 Å². The number of methoxy groups -OCH3 is 3. The Labute approximate surface area is 134 Å². The Kier molecular flexibility index (Phi) is 5.12. The minimum atomic E-state index is -0.0202. The first-order valence-corrected chi connectivity index (χ1v) is 7.52. The molecule has 4 heteroatoms. The predicted octanol–water partition coefficient (Wildman–Crippen LogP) is 4.51. The molecule has 112 valence electrons. The molecule has 0 saturated carbocycles. The van der Waals surface area contributed by atoms with Crippen molar-refractivity contribution in [2.24, 2.45) is 0 Å². The fourth-order valence-electron chi connectivity index (χ4n) is 2.25.